The van der Waals surface area contributed by atoms with E-state index in [9.17, 15) is 4.79 Å². The summed E-state index contributed by atoms with van der Waals surface area (Å²) in [5.41, 5.74) is 1.88. The van der Waals surface area contributed by atoms with Gasteiger partial charge in [-0.2, -0.15) is 5.26 Å². The van der Waals surface area contributed by atoms with Gasteiger partial charge in [0.15, 0.2) is 5.78 Å². The summed E-state index contributed by atoms with van der Waals surface area (Å²) in [6, 6.07) is 9.75. The molecule has 0 saturated carbocycles. The van der Waals surface area contributed by atoms with E-state index < -0.39 is 5.92 Å². The third-order valence-corrected chi connectivity index (χ3v) is 2.97. The van der Waals surface area contributed by atoms with Gasteiger partial charge in [0.2, 0.25) is 0 Å². The van der Waals surface area contributed by atoms with Gasteiger partial charge in [-0.1, -0.05) is 52.0 Å². The molecule has 1 unspecified atom stereocenters. The van der Waals surface area contributed by atoms with Crippen LogP contribution in [-0.4, -0.2) is 5.78 Å². The molecule has 0 heterocycles. The van der Waals surface area contributed by atoms with E-state index in [1.165, 1.54) is 5.56 Å². The molecule has 96 valence electrons. The summed E-state index contributed by atoms with van der Waals surface area (Å²) in [6.07, 6.45) is 1.01. The minimum atomic E-state index is -0.541. The van der Waals surface area contributed by atoms with E-state index in [-0.39, 0.29) is 11.7 Å². The predicted octanol–water partition coefficient (Wildman–Crippen LogP) is 3.86. The molecule has 0 fully saturated rings. The molecule has 1 aromatic carbocycles. The van der Waals surface area contributed by atoms with Crippen molar-refractivity contribution in [3.05, 3.63) is 35.4 Å². The van der Waals surface area contributed by atoms with Crippen molar-refractivity contribution in [3.63, 3.8) is 0 Å². The number of carbonyl (C=O) groups is 1. The maximum absolute atomic E-state index is 12.1. The highest BCUT2D eigenvalue weighted by atomic mass is 16.1. The minimum absolute atomic E-state index is 0.0536. The number of carbonyl (C=O) groups excluding carboxylic acids is 1. The zero-order valence-electron chi connectivity index (χ0n) is 11.6. The molecule has 0 bridgehead atoms. The molecule has 0 radical (unpaired) electrons. The first-order valence-corrected chi connectivity index (χ1v) is 6.48. The van der Waals surface area contributed by atoms with Gasteiger partial charge in [0.1, 0.15) is 5.92 Å². The number of Topliss-reactive ketones (excluding diaryl/α,β-unsaturated/α-hetero) is 1. The molecule has 1 atom stereocenters. The van der Waals surface area contributed by atoms with Gasteiger partial charge in [0, 0.05) is 5.56 Å². The van der Waals surface area contributed by atoms with Crippen LogP contribution in [0, 0.1) is 29.1 Å². The van der Waals surface area contributed by atoms with Gasteiger partial charge in [-0.15, -0.1) is 0 Å². The van der Waals surface area contributed by atoms with Crippen LogP contribution in [0.1, 0.15) is 43.6 Å². The number of ketones is 1. The summed E-state index contributed by atoms with van der Waals surface area (Å²) >= 11 is 0. The molecule has 2 nitrogen and oxygen atoms in total. The molecule has 0 aliphatic carbocycles. The Balaban J connectivity index is 2.85. The van der Waals surface area contributed by atoms with Gasteiger partial charge in [0.05, 0.1) is 6.07 Å². The Morgan fingerprint density at radius 2 is 1.72 bits per heavy atom. The van der Waals surface area contributed by atoms with Gasteiger partial charge < -0.3 is 0 Å². The molecule has 1 aromatic rings. The summed E-state index contributed by atoms with van der Waals surface area (Å²) in [5.74, 6) is 0.0523. The fraction of sp³-hybridized carbons (Fsp3) is 0.500. The maximum Gasteiger partial charge on any atom is 0.180 e. The lowest BCUT2D eigenvalue weighted by Crippen LogP contribution is -2.18. The fourth-order valence-corrected chi connectivity index (χ4v) is 1.97. The molecule has 0 saturated heterocycles. The van der Waals surface area contributed by atoms with E-state index >= 15 is 0 Å². The molecule has 0 amide bonds. The predicted molar refractivity (Wildman–Crippen MR) is 73.3 cm³/mol. The van der Waals surface area contributed by atoms with Crippen LogP contribution in [0.15, 0.2) is 24.3 Å². The average Bonchev–Trinajstić information content (AvgIpc) is 2.29. The number of nitriles is 1. The smallest absolute Gasteiger partial charge is 0.180 e. The van der Waals surface area contributed by atoms with Crippen molar-refractivity contribution < 1.29 is 4.79 Å². The van der Waals surface area contributed by atoms with E-state index in [1.54, 1.807) is 0 Å². The molecule has 18 heavy (non-hydrogen) atoms. The minimum Gasteiger partial charge on any atom is -0.293 e. The Labute approximate surface area is 110 Å². The van der Waals surface area contributed by atoms with Crippen LogP contribution in [0.25, 0.3) is 0 Å². The van der Waals surface area contributed by atoms with Crippen molar-refractivity contribution >= 4 is 5.78 Å². The topological polar surface area (TPSA) is 40.9 Å². The van der Waals surface area contributed by atoms with Gasteiger partial charge >= 0.3 is 0 Å². The summed E-state index contributed by atoms with van der Waals surface area (Å²) in [7, 11) is 0. The number of hydrogen-bond donors (Lipinski definition) is 0. The van der Waals surface area contributed by atoms with Crippen LogP contribution in [0.3, 0.4) is 0 Å². The Hall–Kier alpha value is -1.62. The summed E-state index contributed by atoms with van der Waals surface area (Å²) in [4.78, 5) is 12.1. The molecule has 0 aliphatic rings. The van der Waals surface area contributed by atoms with Crippen LogP contribution in [-0.2, 0) is 6.42 Å². The van der Waals surface area contributed by atoms with Crippen molar-refractivity contribution in [2.24, 2.45) is 17.8 Å². The molecule has 1 rings (SSSR count). The van der Waals surface area contributed by atoms with Gasteiger partial charge in [0.25, 0.3) is 0 Å². The van der Waals surface area contributed by atoms with E-state index in [2.05, 4.69) is 19.9 Å². The van der Waals surface area contributed by atoms with Crippen LogP contribution in [0.5, 0.6) is 0 Å². The first-order valence-electron chi connectivity index (χ1n) is 6.48. The number of rotatable bonds is 5. The molecule has 0 spiro atoms. The third-order valence-electron chi connectivity index (χ3n) is 2.97. The van der Waals surface area contributed by atoms with Gasteiger partial charge in [-0.25, -0.2) is 0 Å². The SMILES string of the molecule is CC(C)Cc1ccc(C(=O)C(C#N)C(C)C)cc1. The van der Waals surface area contributed by atoms with E-state index in [4.69, 9.17) is 5.26 Å². The molecule has 0 N–H and O–H groups in total. The second-order valence-corrected chi connectivity index (χ2v) is 5.51. The Bertz CT molecular complexity index is 437. The lowest BCUT2D eigenvalue weighted by atomic mass is 9.88. The van der Waals surface area contributed by atoms with Crippen molar-refractivity contribution in [1.29, 1.82) is 5.26 Å². The van der Waals surface area contributed by atoms with E-state index in [0.29, 0.717) is 11.5 Å². The fourth-order valence-electron chi connectivity index (χ4n) is 1.97. The first kappa shape index (κ1) is 14.4. The Kier molecular flexibility index (Phi) is 5.09. The van der Waals surface area contributed by atoms with Crippen LogP contribution in [0.4, 0.5) is 0 Å². The molecule has 0 aromatic heterocycles. The van der Waals surface area contributed by atoms with Crippen molar-refractivity contribution in [3.8, 4) is 6.07 Å². The largest absolute Gasteiger partial charge is 0.293 e. The van der Waals surface area contributed by atoms with Crippen molar-refractivity contribution in [2.45, 2.75) is 34.1 Å². The highest BCUT2D eigenvalue weighted by Gasteiger charge is 2.22. The van der Waals surface area contributed by atoms with E-state index in [0.717, 1.165) is 6.42 Å². The lowest BCUT2D eigenvalue weighted by Gasteiger charge is -2.12. The molecular weight excluding hydrogens is 222 g/mol. The first-order chi connectivity index (χ1) is 8.45. The monoisotopic (exact) mass is 243 g/mol. The normalized spacial score (nSPS) is 12.5. The molecule has 0 aliphatic heterocycles. The number of benzene rings is 1. The van der Waals surface area contributed by atoms with Crippen LogP contribution < -0.4 is 0 Å². The second-order valence-electron chi connectivity index (χ2n) is 5.51. The molecule has 2 heteroatoms. The Morgan fingerprint density at radius 3 is 2.11 bits per heavy atom. The number of nitrogens with zero attached hydrogens (tertiary/aromatic N) is 1. The van der Waals surface area contributed by atoms with E-state index in [1.807, 2.05) is 38.1 Å². The zero-order chi connectivity index (χ0) is 13.7. The average molecular weight is 243 g/mol. The quantitative estimate of drug-likeness (QED) is 0.737. The standard InChI is InChI=1S/C16H21NO/c1-11(2)9-13-5-7-14(8-6-13)16(18)15(10-17)12(3)4/h5-8,11-12,15H,9H2,1-4H3. The second kappa shape index (κ2) is 6.35. The van der Waals surface area contributed by atoms with Crippen molar-refractivity contribution in [1.82, 2.24) is 0 Å². The van der Waals surface area contributed by atoms with Gasteiger partial charge in [-0.05, 0) is 23.8 Å². The Morgan fingerprint density at radius 1 is 1.17 bits per heavy atom. The van der Waals surface area contributed by atoms with Crippen molar-refractivity contribution in [2.75, 3.05) is 0 Å². The zero-order valence-corrected chi connectivity index (χ0v) is 11.6. The van der Waals surface area contributed by atoms with Crippen LogP contribution >= 0.6 is 0 Å². The summed E-state index contributed by atoms with van der Waals surface area (Å²) in [5, 5.41) is 9.03. The third kappa shape index (κ3) is 3.70. The molecular formula is C16H21NO. The highest BCUT2D eigenvalue weighted by Crippen LogP contribution is 2.18. The van der Waals surface area contributed by atoms with Crippen LogP contribution in [0.2, 0.25) is 0 Å². The lowest BCUT2D eigenvalue weighted by molar-refractivity contribution is 0.0924. The highest BCUT2D eigenvalue weighted by molar-refractivity contribution is 5.99. The summed E-state index contributed by atoms with van der Waals surface area (Å²) in [6.45, 7) is 8.14. The maximum atomic E-state index is 12.1. The number of hydrogen-bond acceptors (Lipinski definition) is 2. The van der Waals surface area contributed by atoms with Gasteiger partial charge in [-0.3, -0.25) is 4.79 Å². The summed E-state index contributed by atoms with van der Waals surface area (Å²) < 4.78 is 0.